The first-order chi connectivity index (χ1) is 15.1. The lowest BCUT2D eigenvalue weighted by Crippen LogP contribution is -2.52. The summed E-state index contributed by atoms with van der Waals surface area (Å²) in [6.07, 6.45) is 1.13. The molecule has 0 radical (unpaired) electrons. The fourth-order valence-electron chi connectivity index (χ4n) is 3.19. The molecule has 0 aliphatic heterocycles. The molecule has 0 saturated carbocycles. The summed E-state index contributed by atoms with van der Waals surface area (Å²) in [7, 11) is 4.58. The van der Waals surface area contributed by atoms with Crippen molar-refractivity contribution in [1.29, 1.82) is 0 Å². The largest absolute Gasteiger partial charge is 0.444 e. The number of aryl methyl sites for hydroxylation is 1. The van der Waals surface area contributed by atoms with Gasteiger partial charge in [-0.2, -0.15) is 4.98 Å². The quantitative estimate of drug-likeness (QED) is 0.558. The molecule has 0 bridgehead atoms. The first kappa shape index (κ1) is 25.7. The van der Waals surface area contributed by atoms with Crippen LogP contribution in [0.4, 0.5) is 10.7 Å². The molecule has 2 heterocycles. The van der Waals surface area contributed by atoms with Gasteiger partial charge >= 0.3 is 11.8 Å². The molecule has 0 saturated heterocycles. The Hall–Kier alpha value is -3.57. The van der Waals surface area contributed by atoms with Crippen molar-refractivity contribution in [3.63, 3.8) is 0 Å². The maximum Gasteiger partial charge on any atom is 0.408 e. The Kier molecular flexibility index (Phi) is 7.40. The van der Waals surface area contributed by atoms with Crippen LogP contribution in [-0.4, -0.2) is 55.9 Å². The van der Waals surface area contributed by atoms with Crippen LogP contribution in [0.3, 0.4) is 0 Å². The van der Waals surface area contributed by atoms with Gasteiger partial charge in [-0.25, -0.2) is 9.59 Å². The van der Waals surface area contributed by atoms with Gasteiger partial charge in [0.2, 0.25) is 11.9 Å². The number of hydrogen-bond donors (Lipinski definition) is 2. The zero-order valence-electron chi connectivity index (χ0n) is 20.4. The lowest BCUT2D eigenvalue weighted by molar-refractivity contribution is -0.119. The number of carbonyl (C=O) groups excluding carboxylic acids is 2. The van der Waals surface area contributed by atoms with E-state index in [0.29, 0.717) is 12.5 Å². The van der Waals surface area contributed by atoms with E-state index < -0.39 is 34.9 Å². The molecule has 182 valence electrons. The molecule has 2 amide bonds. The summed E-state index contributed by atoms with van der Waals surface area (Å²) in [5, 5.41) is 2.47. The van der Waals surface area contributed by atoms with Crippen LogP contribution in [0.25, 0.3) is 11.2 Å². The van der Waals surface area contributed by atoms with Gasteiger partial charge in [-0.1, -0.05) is 11.6 Å². The predicted octanol–water partition coefficient (Wildman–Crippen LogP) is 0.215. The molecule has 33 heavy (non-hydrogen) atoms. The monoisotopic (exact) mass is 463 g/mol. The number of fused-ring (bicyclic) bond motifs is 1. The smallest absolute Gasteiger partial charge is 0.408 e. The molecule has 0 aliphatic carbocycles. The number of likely N-dealkylation sites (N-methyl/N-ethyl adjacent to an activating group) is 1. The van der Waals surface area contributed by atoms with E-state index >= 15 is 0 Å². The van der Waals surface area contributed by atoms with Crippen LogP contribution in [0.2, 0.25) is 0 Å². The number of primary amides is 1. The van der Waals surface area contributed by atoms with E-state index in [0.717, 1.165) is 10.1 Å². The first-order valence-corrected chi connectivity index (χ1v) is 10.4. The van der Waals surface area contributed by atoms with Gasteiger partial charge in [0, 0.05) is 34.2 Å². The molecule has 0 spiro atoms. The number of anilines is 1. The number of aromatic nitrogens is 4. The Labute approximate surface area is 191 Å². The number of carbonyl (C=O) groups is 2. The molecule has 2 rings (SSSR count). The molecular formula is C21H33N7O5. The van der Waals surface area contributed by atoms with E-state index in [1.165, 1.54) is 18.7 Å². The Balaban J connectivity index is 2.54. The van der Waals surface area contributed by atoms with E-state index in [-0.39, 0.29) is 17.7 Å². The second kappa shape index (κ2) is 9.51. The number of imidazole rings is 1. The molecule has 2 aromatic heterocycles. The van der Waals surface area contributed by atoms with Crippen molar-refractivity contribution in [2.75, 3.05) is 18.5 Å². The number of allylic oxidation sites excluding steroid dienone is 2. The highest BCUT2D eigenvalue weighted by molar-refractivity contribution is 5.85. The zero-order chi connectivity index (χ0) is 25.2. The van der Waals surface area contributed by atoms with Crippen LogP contribution < -0.4 is 27.2 Å². The lowest BCUT2D eigenvalue weighted by atomic mass is 10.2. The van der Waals surface area contributed by atoms with E-state index in [1.54, 1.807) is 37.3 Å². The van der Waals surface area contributed by atoms with Crippen molar-refractivity contribution in [3.05, 3.63) is 32.5 Å². The summed E-state index contributed by atoms with van der Waals surface area (Å²) in [5.74, 6) is -0.430. The third kappa shape index (κ3) is 5.82. The molecular weight excluding hydrogens is 430 g/mol. The maximum atomic E-state index is 12.9. The van der Waals surface area contributed by atoms with E-state index in [1.807, 2.05) is 19.9 Å². The number of nitrogens with two attached hydrogens (primary N) is 1. The van der Waals surface area contributed by atoms with Crippen LogP contribution in [0.1, 0.15) is 34.6 Å². The molecule has 1 atom stereocenters. The Bertz CT molecular complexity index is 1210. The molecule has 12 nitrogen and oxygen atoms in total. The highest BCUT2D eigenvalue weighted by Crippen LogP contribution is 2.19. The molecule has 0 fully saturated rings. The lowest BCUT2D eigenvalue weighted by Gasteiger charge is -2.26. The fraction of sp³-hybridized carbons (Fsp3) is 0.571. The highest BCUT2D eigenvalue weighted by atomic mass is 16.6. The van der Waals surface area contributed by atoms with Crippen LogP contribution in [-0.2, 0) is 30.2 Å². The fourth-order valence-corrected chi connectivity index (χ4v) is 3.19. The number of rotatable bonds is 7. The average molecular weight is 464 g/mol. The number of alkyl carbamates (subject to hydrolysis) is 1. The van der Waals surface area contributed by atoms with Gasteiger partial charge in [-0.05, 0) is 34.6 Å². The normalized spacial score (nSPS) is 12.4. The molecule has 1 unspecified atom stereocenters. The Morgan fingerprint density at radius 2 is 1.82 bits per heavy atom. The molecule has 12 heteroatoms. The average Bonchev–Trinajstić information content (AvgIpc) is 3.06. The highest BCUT2D eigenvalue weighted by Gasteiger charge is 2.27. The molecule has 3 N–H and O–H groups in total. The molecule has 2 aromatic rings. The minimum Gasteiger partial charge on any atom is -0.444 e. The summed E-state index contributed by atoms with van der Waals surface area (Å²) in [4.78, 5) is 55.6. The standard InChI is InChI=1S/C21H33N7O5/c1-12(2)9-10-28-14-16(26(7)20(32)27(8)17(14)30)24-18(28)25(6)11-13(15(22)29)23-19(31)33-21(3,4)5/h9,13H,10-11H2,1-8H3,(H2,22,29)(H,23,31). The van der Waals surface area contributed by atoms with Crippen molar-refractivity contribution in [2.24, 2.45) is 19.8 Å². The van der Waals surface area contributed by atoms with Crippen molar-refractivity contribution in [3.8, 4) is 0 Å². The van der Waals surface area contributed by atoms with Crippen molar-refractivity contribution in [2.45, 2.75) is 52.8 Å². The minimum atomic E-state index is -1.09. The van der Waals surface area contributed by atoms with Crippen molar-refractivity contribution in [1.82, 2.24) is 24.0 Å². The number of nitrogens with zero attached hydrogens (tertiary/aromatic N) is 5. The van der Waals surface area contributed by atoms with Gasteiger partial charge in [-0.15, -0.1) is 0 Å². The predicted molar refractivity (Wildman–Crippen MR) is 125 cm³/mol. The second-order valence-corrected chi connectivity index (χ2v) is 9.16. The number of nitrogens with one attached hydrogen (secondary N) is 1. The molecule has 0 aromatic carbocycles. The van der Waals surface area contributed by atoms with Crippen LogP contribution in [0.15, 0.2) is 21.2 Å². The first-order valence-electron chi connectivity index (χ1n) is 10.4. The zero-order valence-corrected chi connectivity index (χ0v) is 20.4. The van der Waals surface area contributed by atoms with Crippen molar-refractivity contribution >= 4 is 29.1 Å². The summed E-state index contributed by atoms with van der Waals surface area (Å²) in [6.45, 7) is 9.22. The van der Waals surface area contributed by atoms with Gasteiger partial charge in [-0.3, -0.25) is 18.7 Å². The Morgan fingerprint density at radius 3 is 2.33 bits per heavy atom. The summed E-state index contributed by atoms with van der Waals surface area (Å²) in [6, 6.07) is -1.09. The van der Waals surface area contributed by atoms with Gasteiger partial charge in [0.05, 0.1) is 0 Å². The minimum absolute atomic E-state index is 0.0407. The van der Waals surface area contributed by atoms with Crippen LogP contribution in [0.5, 0.6) is 0 Å². The summed E-state index contributed by atoms with van der Waals surface area (Å²) < 4.78 is 9.18. The molecule has 0 aliphatic rings. The van der Waals surface area contributed by atoms with Gasteiger partial charge in [0.25, 0.3) is 5.56 Å². The topological polar surface area (TPSA) is 146 Å². The third-order valence-electron chi connectivity index (χ3n) is 4.84. The third-order valence-corrected chi connectivity index (χ3v) is 4.84. The maximum absolute atomic E-state index is 12.9. The summed E-state index contributed by atoms with van der Waals surface area (Å²) >= 11 is 0. The second-order valence-electron chi connectivity index (χ2n) is 9.16. The van der Waals surface area contributed by atoms with Gasteiger partial charge < -0.3 is 25.3 Å². The SMILES string of the molecule is CC(C)=CCn1c(N(C)CC(NC(=O)OC(C)(C)C)C(N)=O)nc2c1c(=O)n(C)c(=O)n2C. The number of ether oxygens (including phenoxy) is 1. The van der Waals surface area contributed by atoms with E-state index in [9.17, 15) is 19.2 Å². The Morgan fingerprint density at radius 1 is 1.21 bits per heavy atom. The number of amides is 2. The number of hydrogen-bond acceptors (Lipinski definition) is 7. The van der Waals surface area contributed by atoms with E-state index in [2.05, 4.69) is 10.3 Å². The van der Waals surface area contributed by atoms with Crippen LogP contribution >= 0.6 is 0 Å². The van der Waals surface area contributed by atoms with Gasteiger partial charge in [0.15, 0.2) is 11.2 Å². The van der Waals surface area contributed by atoms with Gasteiger partial charge in [0.1, 0.15) is 11.6 Å². The van der Waals surface area contributed by atoms with Crippen molar-refractivity contribution < 1.29 is 14.3 Å². The summed E-state index contributed by atoms with van der Waals surface area (Å²) in [5.41, 5.74) is 5.24. The van der Waals surface area contributed by atoms with Crippen LogP contribution in [0, 0.1) is 0 Å². The van der Waals surface area contributed by atoms with E-state index in [4.69, 9.17) is 10.5 Å².